The van der Waals surface area contributed by atoms with Gasteiger partial charge < -0.3 is 9.30 Å². The van der Waals surface area contributed by atoms with Gasteiger partial charge in [0.15, 0.2) is 5.65 Å². The van der Waals surface area contributed by atoms with Gasteiger partial charge in [-0.2, -0.15) is 0 Å². The third-order valence-electron chi connectivity index (χ3n) is 3.41. The molecule has 0 aliphatic rings. The lowest BCUT2D eigenvalue weighted by atomic mass is 10.2. The Morgan fingerprint density at radius 2 is 2.26 bits per heavy atom. The van der Waals surface area contributed by atoms with Crippen LogP contribution in [0.1, 0.15) is 23.4 Å². The lowest BCUT2D eigenvalue weighted by molar-refractivity contribution is 0.0424. The SMILES string of the molecule is Cc1nccn1CC(C)COC(=O)c1nc2ccc(Br)cn2n1. The van der Waals surface area contributed by atoms with E-state index in [4.69, 9.17) is 4.74 Å². The van der Waals surface area contributed by atoms with Crippen LogP contribution in [0.4, 0.5) is 0 Å². The zero-order valence-electron chi connectivity index (χ0n) is 12.8. The molecule has 0 bridgehead atoms. The normalized spacial score (nSPS) is 12.5. The lowest BCUT2D eigenvalue weighted by Gasteiger charge is -2.13. The van der Waals surface area contributed by atoms with E-state index >= 15 is 0 Å². The van der Waals surface area contributed by atoms with Crippen LogP contribution in [0.25, 0.3) is 5.65 Å². The second kappa shape index (κ2) is 6.49. The Balaban J connectivity index is 1.60. The minimum atomic E-state index is -0.515. The first kappa shape index (κ1) is 15.7. The molecule has 0 N–H and O–H groups in total. The standard InChI is InChI=1S/C15H16BrN5O2/c1-10(7-20-6-5-17-11(20)2)9-23-15(22)14-18-13-4-3-12(16)8-21(13)19-14/h3-6,8,10H,7,9H2,1-2H3. The van der Waals surface area contributed by atoms with E-state index in [2.05, 4.69) is 31.0 Å². The highest BCUT2D eigenvalue weighted by atomic mass is 79.9. The van der Waals surface area contributed by atoms with Crippen molar-refractivity contribution in [1.29, 1.82) is 0 Å². The summed E-state index contributed by atoms with van der Waals surface area (Å²) in [6.07, 6.45) is 5.41. The van der Waals surface area contributed by atoms with E-state index in [1.165, 1.54) is 0 Å². The van der Waals surface area contributed by atoms with Crippen molar-refractivity contribution in [2.45, 2.75) is 20.4 Å². The van der Waals surface area contributed by atoms with Crippen LogP contribution in [-0.2, 0) is 11.3 Å². The van der Waals surface area contributed by atoms with Gasteiger partial charge in [0.25, 0.3) is 5.82 Å². The van der Waals surface area contributed by atoms with Gasteiger partial charge in [-0.05, 0) is 35.0 Å². The molecule has 1 unspecified atom stereocenters. The minimum Gasteiger partial charge on any atom is -0.459 e. The van der Waals surface area contributed by atoms with Gasteiger partial charge in [-0.25, -0.2) is 19.3 Å². The largest absolute Gasteiger partial charge is 0.459 e. The van der Waals surface area contributed by atoms with E-state index in [0.717, 1.165) is 16.8 Å². The Morgan fingerprint density at radius 1 is 1.43 bits per heavy atom. The van der Waals surface area contributed by atoms with Crippen LogP contribution in [0.2, 0.25) is 0 Å². The van der Waals surface area contributed by atoms with E-state index in [-0.39, 0.29) is 11.7 Å². The van der Waals surface area contributed by atoms with Gasteiger partial charge in [0.1, 0.15) is 5.82 Å². The predicted octanol–water partition coefficient (Wildman–Crippen LogP) is 2.49. The highest BCUT2D eigenvalue weighted by molar-refractivity contribution is 9.10. The molecule has 0 amide bonds. The number of aromatic nitrogens is 5. The molecule has 8 heteroatoms. The Morgan fingerprint density at radius 3 is 3.00 bits per heavy atom. The molecule has 0 spiro atoms. The molecular formula is C15H16BrN5O2. The first-order valence-corrected chi connectivity index (χ1v) is 7.99. The molecule has 1 atom stereocenters. The Hall–Kier alpha value is -2.22. The molecule has 0 aromatic carbocycles. The molecule has 0 saturated carbocycles. The van der Waals surface area contributed by atoms with Crippen molar-refractivity contribution < 1.29 is 9.53 Å². The molecule has 7 nitrogen and oxygen atoms in total. The highest BCUT2D eigenvalue weighted by Gasteiger charge is 2.16. The average Bonchev–Trinajstić information content (AvgIpc) is 3.11. The third-order valence-corrected chi connectivity index (χ3v) is 3.88. The second-order valence-electron chi connectivity index (χ2n) is 5.42. The van der Waals surface area contributed by atoms with Crippen LogP contribution >= 0.6 is 15.9 Å². The van der Waals surface area contributed by atoms with Crippen molar-refractivity contribution in [3.05, 3.63) is 46.8 Å². The monoisotopic (exact) mass is 377 g/mol. The maximum absolute atomic E-state index is 12.1. The zero-order chi connectivity index (χ0) is 16.4. The number of esters is 1. The summed E-state index contributed by atoms with van der Waals surface area (Å²) in [5, 5.41) is 4.13. The molecule has 3 rings (SSSR count). The summed E-state index contributed by atoms with van der Waals surface area (Å²) in [6, 6.07) is 3.62. The highest BCUT2D eigenvalue weighted by Crippen LogP contribution is 2.11. The molecule has 23 heavy (non-hydrogen) atoms. The quantitative estimate of drug-likeness (QED) is 0.638. The fraction of sp³-hybridized carbons (Fsp3) is 0.333. The molecule has 3 heterocycles. The van der Waals surface area contributed by atoms with E-state index < -0.39 is 5.97 Å². The van der Waals surface area contributed by atoms with Gasteiger partial charge in [-0.3, -0.25) is 0 Å². The van der Waals surface area contributed by atoms with Gasteiger partial charge >= 0.3 is 5.97 Å². The number of hydrogen-bond acceptors (Lipinski definition) is 5. The van der Waals surface area contributed by atoms with Gasteiger partial charge in [0.2, 0.25) is 0 Å². The summed E-state index contributed by atoms with van der Waals surface area (Å²) >= 11 is 3.35. The molecule has 3 aromatic heterocycles. The summed E-state index contributed by atoms with van der Waals surface area (Å²) in [7, 11) is 0. The summed E-state index contributed by atoms with van der Waals surface area (Å²) in [4.78, 5) is 20.4. The lowest BCUT2D eigenvalue weighted by Crippen LogP contribution is -2.18. The topological polar surface area (TPSA) is 74.3 Å². The van der Waals surface area contributed by atoms with Gasteiger partial charge in [-0.15, -0.1) is 5.10 Å². The Bertz CT molecular complexity index is 841. The van der Waals surface area contributed by atoms with Crippen molar-refractivity contribution in [3.63, 3.8) is 0 Å². The summed E-state index contributed by atoms with van der Waals surface area (Å²) in [6.45, 7) is 5.00. The van der Waals surface area contributed by atoms with Crippen molar-refractivity contribution in [3.8, 4) is 0 Å². The second-order valence-corrected chi connectivity index (χ2v) is 6.33. The van der Waals surface area contributed by atoms with Crippen molar-refractivity contribution in [2.24, 2.45) is 5.92 Å². The molecular weight excluding hydrogens is 362 g/mol. The van der Waals surface area contributed by atoms with Crippen molar-refractivity contribution in [2.75, 3.05) is 6.61 Å². The van der Waals surface area contributed by atoms with E-state index in [0.29, 0.717) is 12.3 Å². The maximum Gasteiger partial charge on any atom is 0.378 e. The number of carbonyl (C=O) groups excluding carboxylic acids is 1. The molecule has 3 aromatic rings. The van der Waals surface area contributed by atoms with E-state index in [9.17, 15) is 4.79 Å². The van der Waals surface area contributed by atoms with Crippen LogP contribution in [0.3, 0.4) is 0 Å². The first-order chi connectivity index (χ1) is 11.0. The van der Waals surface area contributed by atoms with E-state index in [1.807, 2.05) is 30.7 Å². The smallest absolute Gasteiger partial charge is 0.378 e. The summed E-state index contributed by atoms with van der Waals surface area (Å²) in [5.41, 5.74) is 0.599. The number of fused-ring (bicyclic) bond motifs is 1. The van der Waals surface area contributed by atoms with Crippen LogP contribution in [0.15, 0.2) is 35.2 Å². The number of aryl methyl sites for hydroxylation is 1. The van der Waals surface area contributed by atoms with Crippen molar-refractivity contribution >= 4 is 27.5 Å². The third kappa shape index (κ3) is 3.58. The van der Waals surface area contributed by atoms with Crippen LogP contribution < -0.4 is 0 Å². The van der Waals surface area contributed by atoms with Gasteiger partial charge in [-0.1, -0.05) is 6.92 Å². The first-order valence-electron chi connectivity index (χ1n) is 7.19. The fourth-order valence-electron chi connectivity index (χ4n) is 2.21. The van der Waals surface area contributed by atoms with Gasteiger partial charge in [0.05, 0.1) is 6.61 Å². The fourth-order valence-corrected chi connectivity index (χ4v) is 2.54. The number of hydrogen-bond donors (Lipinski definition) is 0. The van der Waals surface area contributed by atoms with Crippen LogP contribution in [0, 0.1) is 12.8 Å². The van der Waals surface area contributed by atoms with Gasteiger partial charge in [0, 0.05) is 35.5 Å². The number of imidazole rings is 1. The predicted molar refractivity (Wildman–Crippen MR) is 87.1 cm³/mol. The summed E-state index contributed by atoms with van der Waals surface area (Å²) < 4.78 is 9.74. The number of halogens is 1. The molecule has 0 radical (unpaired) electrons. The number of nitrogens with zero attached hydrogens (tertiary/aromatic N) is 5. The Kier molecular flexibility index (Phi) is 4.42. The molecule has 0 aliphatic carbocycles. The molecule has 0 saturated heterocycles. The number of pyridine rings is 1. The average molecular weight is 378 g/mol. The van der Waals surface area contributed by atoms with Crippen molar-refractivity contribution in [1.82, 2.24) is 24.1 Å². The minimum absolute atomic E-state index is 0.0640. The van der Waals surface area contributed by atoms with Crippen LogP contribution in [-0.4, -0.2) is 36.7 Å². The van der Waals surface area contributed by atoms with Crippen LogP contribution in [0.5, 0.6) is 0 Å². The van der Waals surface area contributed by atoms with E-state index in [1.54, 1.807) is 23.0 Å². The maximum atomic E-state index is 12.1. The zero-order valence-corrected chi connectivity index (χ0v) is 14.4. The molecule has 120 valence electrons. The number of ether oxygens (including phenoxy) is 1. The Labute approximate surface area is 141 Å². The molecule has 0 aliphatic heterocycles. The number of carbonyl (C=O) groups is 1. The summed E-state index contributed by atoms with van der Waals surface area (Å²) in [5.74, 6) is 0.655. The number of rotatable bonds is 5. The molecule has 0 fully saturated rings.